The van der Waals surface area contributed by atoms with Crippen molar-refractivity contribution in [1.82, 2.24) is 10.1 Å². The van der Waals surface area contributed by atoms with Gasteiger partial charge in [-0.3, -0.25) is 0 Å². The Morgan fingerprint density at radius 2 is 1.56 bits per heavy atom. The van der Waals surface area contributed by atoms with Crippen molar-refractivity contribution in [3.05, 3.63) is 42.5 Å². The lowest BCUT2D eigenvalue weighted by Gasteiger charge is -2.08. The zero-order valence-corrected chi connectivity index (χ0v) is 14.1. The van der Waals surface area contributed by atoms with E-state index in [1.54, 1.807) is 21.3 Å². The molecule has 0 unspecified atom stereocenters. The van der Waals surface area contributed by atoms with Crippen LogP contribution < -0.4 is 14.2 Å². The number of nitrogens with zero attached hydrogens (tertiary/aromatic N) is 2. The minimum absolute atomic E-state index is 0.477. The van der Waals surface area contributed by atoms with Crippen LogP contribution in [0.15, 0.2) is 47.0 Å². The van der Waals surface area contributed by atoms with Gasteiger partial charge >= 0.3 is 0 Å². The molecule has 0 bridgehead atoms. The molecule has 0 N–H and O–H groups in total. The standard InChI is InChI=1S/C19H16N2O4/c1-22-13-6-4-11(5-7-13)18-14-8-12-9-16(23-2)17(24-3)10-15(12)20-19(14)25-21-18/h4-10H,1-3H3. The predicted octanol–water partition coefficient (Wildman–Crippen LogP) is 4.07. The van der Waals surface area contributed by atoms with Gasteiger partial charge in [-0.15, -0.1) is 0 Å². The second-order valence-corrected chi connectivity index (χ2v) is 5.50. The first-order valence-corrected chi connectivity index (χ1v) is 7.70. The van der Waals surface area contributed by atoms with Crippen LogP contribution in [0.1, 0.15) is 0 Å². The highest BCUT2D eigenvalue weighted by molar-refractivity contribution is 5.98. The van der Waals surface area contributed by atoms with E-state index in [0.29, 0.717) is 17.2 Å². The van der Waals surface area contributed by atoms with Crippen LogP contribution in [-0.4, -0.2) is 31.5 Å². The molecule has 2 aromatic carbocycles. The van der Waals surface area contributed by atoms with Gasteiger partial charge in [0.1, 0.15) is 11.4 Å². The van der Waals surface area contributed by atoms with Gasteiger partial charge < -0.3 is 18.7 Å². The third-order valence-corrected chi connectivity index (χ3v) is 4.13. The summed E-state index contributed by atoms with van der Waals surface area (Å²) in [6.45, 7) is 0. The number of ether oxygens (including phenoxy) is 3. The van der Waals surface area contributed by atoms with Gasteiger partial charge in [0.25, 0.3) is 5.71 Å². The van der Waals surface area contributed by atoms with Gasteiger partial charge in [0.05, 0.1) is 32.2 Å². The number of pyridine rings is 1. The molecule has 4 rings (SSSR count). The van der Waals surface area contributed by atoms with E-state index >= 15 is 0 Å². The van der Waals surface area contributed by atoms with Gasteiger partial charge in [0, 0.05) is 17.0 Å². The average Bonchev–Trinajstić information content (AvgIpc) is 3.07. The molecule has 0 aliphatic rings. The maximum atomic E-state index is 5.43. The molecule has 0 aliphatic heterocycles. The van der Waals surface area contributed by atoms with Crippen molar-refractivity contribution in [3.63, 3.8) is 0 Å². The molecule has 0 radical (unpaired) electrons. The second kappa shape index (κ2) is 5.98. The molecule has 0 saturated heterocycles. The van der Waals surface area contributed by atoms with Gasteiger partial charge in [-0.05, 0) is 36.4 Å². The van der Waals surface area contributed by atoms with Crippen molar-refractivity contribution in [3.8, 4) is 28.5 Å². The largest absolute Gasteiger partial charge is 0.497 e. The van der Waals surface area contributed by atoms with Gasteiger partial charge in [-0.1, -0.05) is 5.16 Å². The first-order valence-electron chi connectivity index (χ1n) is 7.70. The summed E-state index contributed by atoms with van der Waals surface area (Å²) in [6.07, 6.45) is 0. The Labute approximate surface area is 143 Å². The molecule has 6 heteroatoms. The third kappa shape index (κ3) is 2.52. The molecular weight excluding hydrogens is 320 g/mol. The summed E-state index contributed by atoms with van der Waals surface area (Å²) in [4.78, 5) is 4.55. The molecule has 2 aromatic heterocycles. The van der Waals surface area contributed by atoms with E-state index in [4.69, 9.17) is 18.7 Å². The molecule has 0 fully saturated rings. The third-order valence-electron chi connectivity index (χ3n) is 4.13. The Morgan fingerprint density at radius 1 is 0.840 bits per heavy atom. The van der Waals surface area contributed by atoms with Crippen molar-refractivity contribution in [2.45, 2.75) is 0 Å². The van der Waals surface area contributed by atoms with Gasteiger partial charge in [0.2, 0.25) is 0 Å². The number of hydrogen-bond acceptors (Lipinski definition) is 6. The first kappa shape index (κ1) is 15.3. The Bertz CT molecular complexity index is 1050. The summed E-state index contributed by atoms with van der Waals surface area (Å²) in [5, 5.41) is 5.95. The van der Waals surface area contributed by atoms with E-state index in [2.05, 4.69) is 10.1 Å². The first-order chi connectivity index (χ1) is 12.2. The zero-order valence-electron chi connectivity index (χ0n) is 14.1. The highest BCUT2D eigenvalue weighted by atomic mass is 16.5. The summed E-state index contributed by atoms with van der Waals surface area (Å²) >= 11 is 0. The Kier molecular flexibility index (Phi) is 3.65. The molecule has 0 atom stereocenters. The Hall–Kier alpha value is -3.28. The van der Waals surface area contributed by atoms with Crippen LogP contribution in [0.3, 0.4) is 0 Å². The molecule has 4 aromatic rings. The van der Waals surface area contributed by atoms with Crippen LogP contribution in [0.4, 0.5) is 0 Å². The molecule has 0 aliphatic carbocycles. The summed E-state index contributed by atoms with van der Waals surface area (Å²) in [5.41, 5.74) is 2.90. The fourth-order valence-electron chi connectivity index (χ4n) is 2.82. The second-order valence-electron chi connectivity index (χ2n) is 5.50. The topological polar surface area (TPSA) is 66.6 Å². The fourth-order valence-corrected chi connectivity index (χ4v) is 2.82. The molecule has 6 nitrogen and oxygen atoms in total. The Morgan fingerprint density at radius 3 is 2.24 bits per heavy atom. The summed E-state index contributed by atoms with van der Waals surface area (Å²) in [6, 6.07) is 13.4. The number of hydrogen-bond donors (Lipinski definition) is 0. The molecule has 0 amide bonds. The van der Waals surface area contributed by atoms with Crippen molar-refractivity contribution in [1.29, 1.82) is 0 Å². The van der Waals surface area contributed by atoms with Crippen molar-refractivity contribution >= 4 is 22.0 Å². The fraction of sp³-hybridized carbons (Fsp3) is 0.158. The minimum atomic E-state index is 0.477. The number of aromatic nitrogens is 2. The maximum absolute atomic E-state index is 5.43. The number of methoxy groups -OCH3 is 3. The maximum Gasteiger partial charge on any atom is 0.258 e. The van der Waals surface area contributed by atoms with E-state index in [0.717, 1.165) is 33.3 Å². The normalized spacial score (nSPS) is 11.0. The van der Waals surface area contributed by atoms with E-state index in [-0.39, 0.29) is 0 Å². The van der Waals surface area contributed by atoms with Gasteiger partial charge in [0.15, 0.2) is 11.5 Å². The number of fused-ring (bicyclic) bond motifs is 2. The monoisotopic (exact) mass is 336 g/mol. The number of rotatable bonds is 4. The van der Waals surface area contributed by atoms with Crippen LogP contribution in [-0.2, 0) is 0 Å². The predicted molar refractivity (Wildman–Crippen MR) is 94.4 cm³/mol. The van der Waals surface area contributed by atoms with Crippen molar-refractivity contribution in [2.75, 3.05) is 21.3 Å². The minimum Gasteiger partial charge on any atom is -0.497 e. The van der Waals surface area contributed by atoms with Crippen LogP contribution in [0, 0.1) is 0 Å². The molecule has 0 spiro atoms. The average molecular weight is 336 g/mol. The van der Waals surface area contributed by atoms with Crippen LogP contribution >= 0.6 is 0 Å². The van der Waals surface area contributed by atoms with Gasteiger partial charge in [-0.2, -0.15) is 0 Å². The summed E-state index contributed by atoms with van der Waals surface area (Å²) in [7, 11) is 4.84. The lowest BCUT2D eigenvalue weighted by Crippen LogP contribution is -1.91. The summed E-state index contributed by atoms with van der Waals surface area (Å²) < 4.78 is 21.3. The van der Waals surface area contributed by atoms with E-state index in [1.165, 1.54) is 0 Å². The van der Waals surface area contributed by atoms with Crippen molar-refractivity contribution in [2.24, 2.45) is 0 Å². The lowest BCUT2D eigenvalue weighted by molar-refractivity contribution is 0.356. The lowest BCUT2D eigenvalue weighted by atomic mass is 10.1. The van der Waals surface area contributed by atoms with Crippen LogP contribution in [0.2, 0.25) is 0 Å². The van der Waals surface area contributed by atoms with E-state index < -0.39 is 0 Å². The molecular formula is C19H16N2O4. The van der Waals surface area contributed by atoms with E-state index in [9.17, 15) is 0 Å². The quantitative estimate of drug-likeness (QED) is 0.560. The molecule has 2 heterocycles. The van der Waals surface area contributed by atoms with Gasteiger partial charge in [-0.25, -0.2) is 4.98 Å². The summed E-state index contributed by atoms with van der Waals surface area (Å²) in [5.74, 6) is 2.06. The van der Waals surface area contributed by atoms with Crippen LogP contribution in [0.25, 0.3) is 33.3 Å². The SMILES string of the molecule is COc1ccc(-c2noc3nc4cc(OC)c(OC)cc4cc23)cc1. The highest BCUT2D eigenvalue weighted by Gasteiger charge is 2.15. The smallest absolute Gasteiger partial charge is 0.258 e. The van der Waals surface area contributed by atoms with Crippen molar-refractivity contribution < 1.29 is 18.7 Å². The van der Waals surface area contributed by atoms with E-state index in [1.807, 2.05) is 42.5 Å². The highest BCUT2D eigenvalue weighted by Crippen LogP contribution is 2.35. The number of benzene rings is 2. The Balaban J connectivity index is 1.91. The zero-order chi connectivity index (χ0) is 17.4. The molecule has 126 valence electrons. The van der Waals surface area contributed by atoms with Crippen LogP contribution in [0.5, 0.6) is 17.2 Å². The molecule has 0 saturated carbocycles. The molecule has 25 heavy (non-hydrogen) atoms.